The summed E-state index contributed by atoms with van der Waals surface area (Å²) in [7, 11) is 1.66. The van der Waals surface area contributed by atoms with Gasteiger partial charge in [0.1, 0.15) is 18.1 Å². The number of hydrogen-bond acceptors (Lipinski definition) is 5. The highest BCUT2D eigenvalue weighted by molar-refractivity contribution is 5.92. The zero-order valence-corrected chi connectivity index (χ0v) is 17.0. The number of rotatable bonds is 5. The van der Waals surface area contributed by atoms with E-state index in [4.69, 9.17) is 9.47 Å². The Balaban J connectivity index is 1.64. The summed E-state index contributed by atoms with van der Waals surface area (Å²) in [5.41, 5.74) is 0.542. The molecule has 1 fully saturated rings. The summed E-state index contributed by atoms with van der Waals surface area (Å²) >= 11 is 0. The van der Waals surface area contributed by atoms with Crippen molar-refractivity contribution in [3.05, 3.63) is 63.8 Å². The van der Waals surface area contributed by atoms with Gasteiger partial charge in [0.25, 0.3) is 5.91 Å². The van der Waals surface area contributed by atoms with Gasteiger partial charge in [-0.15, -0.1) is 0 Å². The van der Waals surface area contributed by atoms with E-state index in [1.54, 1.807) is 40.5 Å². The smallest absolute Gasteiger partial charge is 0.409 e. The maximum atomic E-state index is 13.0. The minimum Gasteiger partial charge on any atom is -0.483 e. The van der Waals surface area contributed by atoms with Crippen molar-refractivity contribution in [2.45, 2.75) is 13.5 Å². The van der Waals surface area contributed by atoms with Crippen molar-refractivity contribution in [1.29, 1.82) is 0 Å². The van der Waals surface area contributed by atoms with Crippen LogP contribution >= 0.6 is 0 Å². The molecule has 0 atom stereocenters. The van der Waals surface area contributed by atoms with Crippen LogP contribution in [0.3, 0.4) is 0 Å². The number of pyridine rings is 1. The Kier molecular flexibility index (Phi) is 6.71. The lowest BCUT2D eigenvalue weighted by Crippen LogP contribution is -2.51. The summed E-state index contributed by atoms with van der Waals surface area (Å²) in [5, 5.41) is 0. The van der Waals surface area contributed by atoms with Crippen LogP contribution in [0.25, 0.3) is 0 Å². The third kappa shape index (κ3) is 4.97. The van der Waals surface area contributed by atoms with E-state index in [0.717, 1.165) is 5.56 Å². The molecule has 160 valence electrons. The highest BCUT2D eigenvalue weighted by atomic mass is 19.1. The summed E-state index contributed by atoms with van der Waals surface area (Å²) in [5.74, 6) is -0.533. The van der Waals surface area contributed by atoms with Crippen molar-refractivity contribution in [3.8, 4) is 5.75 Å². The number of benzene rings is 1. The molecule has 2 heterocycles. The van der Waals surface area contributed by atoms with Crippen molar-refractivity contribution in [1.82, 2.24) is 14.4 Å². The summed E-state index contributed by atoms with van der Waals surface area (Å²) in [6.45, 7) is 3.61. The minimum atomic E-state index is -0.413. The Bertz CT molecular complexity index is 966. The fourth-order valence-electron chi connectivity index (χ4n) is 3.14. The molecule has 1 aliphatic rings. The van der Waals surface area contributed by atoms with Gasteiger partial charge in [-0.1, -0.05) is 12.1 Å². The first-order valence-electron chi connectivity index (χ1n) is 9.68. The van der Waals surface area contributed by atoms with Gasteiger partial charge < -0.3 is 23.8 Å². The van der Waals surface area contributed by atoms with Crippen molar-refractivity contribution in [2.24, 2.45) is 7.05 Å². The van der Waals surface area contributed by atoms with Gasteiger partial charge in [0.2, 0.25) is 5.43 Å². The quantitative estimate of drug-likeness (QED) is 0.744. The number of halogens is 1. The molecule has 0 bridgehead atoms. The first kappa shape index (κ1) is 21.4. The predicted octanol–water partition coefficient (Wildman–Crippen LogP) is 2.02. The van der Waals surface area contributed by atoms with Gasteiger partial charge in [-0.05, 0) is 24.6 Å². The Labute approximate surface area is 173 Å². The lowest BCUT2D eigenvalue weighted by atomic mass is 10.2. The molecule has 0 saturated carbocycles. The molecule has 30 heavy (non-hydrogen) atoms. The second-order valence-corrected chi connectivity index (χ2v) is 6.89. The largest absolute Gasteiger partial charge is 0.483 e. The second-order valence-electron chi connectivity index (χ2n) is 6.89. The van der Waals surface area contributed by atoms with E-state index < -0.39 is 5.43 Å². The van der Waals surface area contributed by atoms with Gasteiger partial charge in [0, 0.05) is 39.3 Å². The lowest BCUT2D eigenvalue weighted by molar-refractivity contribution is 0.0562. The Morgan fingerprint density at radius 2 is 1.70 bits per heavy atom. The standard InChI is InChI=1S/C21H24FN3O5/c1-3-29-21(28)25-10-8-24(9-11-25)20(27)17-12-18(26)19(13-23(17)2)30-14-15-4-6-16(22)7-5-15/h4-7,12-13H,3,8-11,14H2,1-2H3. The first-order chi connectivity index (χ1) is 14.4. The number of amides is 2. The van der Waals surface area contributed by atoms with E-state index in [2.05, 4.69) is 0 Å². The fourth-order valence-corrected chi connectivity index (χ4v) is 3.14. The van der Waals surface area contributed by atoms with Crippen LogP contribution in [0.5, 0.6) is 5.75 Å². The second kappa shape index (κ2) is 9.43. The van der Waals surface area contributed by atoms with E-state index in [1.165, 1.54) is 24.4 Å². The topological polar surface area (TPSA) is 81.1 Å². The molecule has 0 unspecified atom stereocenters. The third-order valence-corrected chi connectivity index (χ3v) is 4.82. The highest BCUT2D eigenvalue weighted by Gasteiger charge is 2.26. The zero-order chi connectivity index (χ0) is 21.7. The average molecular weight is 417 g/mol. The summed E-state index contributed by atoms with van der Waals surface area (Å²) < 4.78 is 25.0. The summed E-state index contributed by atoms with van der Waals surface area (Å²) in [6.07, 6.45) is 1.08. The summed E-state index contributed by atoms with van der Waals surface area (Å²) in [4.78, 5) is 40.2. The number of piperazine rings is 1. The maximum absolute atomic E-state index is 13.0. The molecule has 0 N–H and O–H groups in total. The van der Waals surface area contributed by atoms with E-state index in [1.807, 2.05) is 0 Å². The lowest BCUT2D eigenvalue weighted by Gasteiger charge is -2.34. The Morgan fingerprint density at radius 1 is 1.07 bits per heavy atom. The van der Waals surface area contributed by atoms with Crippen LogP contribution in [-0.2, 0) is 18.4 Å². The fraction of sp³-hybridized carbons (Fsp3) is 0.381. The minimum absolute atomic E-state index is 0.102. The van der Waals surface area contributed by atoms with Crippen molar-refractivity contribution in [2.75, 3.05) is 32.8 Å². The molecule has 1 aliphatic heterocycles. The Morgan fingerprint density at radius 3 is 2.33 bits per heavy atom. The van der Waals surface area contributed by atoms with Crippen LogP contribution in [0.4, 0.5) is 9.18 Å². The molecule has 3 rings (SSSR count). The van der Waals surface area contributed by atoms with Crippen LogP contribution in [0, 0.1) is 5.82 Å². The zero-order valence-electron chi connectivity index (χ0n) is 17.0. The van der Waals surface area contributed by atoms with Crippen LogP contribution in [0.15, 0.2) is 41.3 Å². The average Bonchev–Trinajstić information content (AvgIpc) is 2.75. The number of ether oxygens (including phenoxy) is 2. The van der Waals surface area contributed by atoms with Gasteiger partial charge in [-0.3, -0.25) is 9.59 Å². The van der Waals surface area contributed by atoms with E-state index >= 15 is 0 Å². The van der Waals surface area contributed by atoms with E-state index in [0.29, 0.717) is 32.8 Å². The molecular formula is C21H24FN3O5. The van der Waals surface area contributed by atoms with Crippen molar-refractivity contribution in [3.63, 3.8) is 0 Å². The third-order valence-electron chi connectivity index (χ3n) is 4.82. The van der Waals surface area contributed by atoms with Crippen LogP contribution in [0.2, 0.25) is 0 Å². The maximum Gasteiger partial charge on any atom is 0.409 e. The number of aromatic nitrogens is 1. The molecular weight excluding hydrogens is 393 g/mol. The molecule has 8 nitrogen and oxygen atoms in total. The van der Waals surface area contributed by atoms with Crippen LogP contribution in [0.1, 0.15) is 23.0 Å². The molecule has 1 aromatic heterocycles. The van der Waals surface area contributed by atoms with Crippen molar-refractivity contribution >= 4 is 12.0 Å². The molecule has 9 heteroatoms. The highest BCUT2D eigenvalue weighted by Crippen LogP contribution is 2.13. The van der Waals surface area contributed by atoms with Gasteiger partial charge in [-0.2, -0.15) is 0 Å². The molecule has 2 amide bonds. The van der Waals surface area contributed by atoms with E-state index in [9.17, 15) is 18.8 Å². The van der Waals surface area contributed by atoms with Gasteiger partial charge in [0.15, 0.2) is 5.75 Å². The molecule has 1 aromatic carbocycles. The number of carbonyl (C=O) groups is 2. The molecule has 1 saturated heterocycles. The van der Waals surface area contributed by atoms with Gasteiger partial charge in [-0.25, -0.2) is 9.18 Å². The van der Waals surface area contributed by atoms with Crippen LogP contribution < -0.4 is 10.2 Å². The van der Waals surface area contributed by atoms with Crippen molar-refractivity contribution < 1.29 is 23.5 Å². The summed E-state index contributed by atoms with van der Waals surface area (Å²) in [6, 6.07) is 7.04. The van der Waals surface area contributed by atoms with Crippen LogP contribution in [-0.4, -0.2) is 59.2 Å². The Hall–Kier alpha value is -3.36. The monoisotopic (exact) mass is 417 g/mol. The normalized spacial score (nSPS) is 13.8. The van der Waals surface area contributed by atoms with Gasteiger partial charge in [0.05, 0.1) is 12.8 Å². The SMILES string of the molecule is CCOC(=O)N1CCN(C(=O)c2cc(=O)c(OCc3ccc(F)cc3)cn2C)CC1. The molecule has 2 aromatic rings. The van der Waals surface area contributed by atoms with Gasteiger partial charge >= 0.3 is 6.09 Å². The number of aryl methyl sites for hydroxylation is 1. The number of carbonyl (C=O) groups excluding carboxylic acids is 2. The number of hydrogen-bond donors (Lipinski definition) is 0. The first-order valence-corrected chi connectivity index (χ1v) is 9.68. The molecule has 0 spiro atoms. The molecule has 0 radical (unpaired) electrons. The predicted molar refractivity (Wildman–Crippen MR) is 107 cm³/mol. The molecule has 0 aliphatic carbocycles. The number of nitrogens with zero attached hydrogens (tertiary/aromatic N) is 3. The van der Waals surface area contributed by atoms with E-state index in [-0.39, 0.29) is 35.9 Å².